The normalized spacial score (nSPS) is 21.5. The number of hydrogen-bond acceptors (Lipinski definition) is 4. The summed E-state index contributed by atoms with van der Waals surface area (Å²) in [6.45, 7) is 6.08. The van der Waals surface area contributed by atoms with Gasteiger partial charge in [0, 0.05) is 13.2 Å². The van der Waals surface area contributed by atoms with Gasteiger partial charge in [-0.1, -0.05) is 26.0 Å². The van der Waals surface area contributed by atoms with Gasteiger partial charge in [-0.05, 0) is 19.3 Å². The molecule has 116 valence electrons. The Morgan fingerprint density at radius 2 is 1.95 bits per heavy atom. The van der Waals surface area contributed by atoms with Gasteiger partial charge in [0.25, 0.3) is 0 Å². The van der Waals surface area contributed by atoms with E-state index in [0.717, 1.165) is 0 Å². The molecule has 1 aromatic heterocycles. The third-order valence-electron chi connectivity index (χ3n) is 4.29. The van der Waals surface area contributed by atoms with E-state index >= 15 is 0 Å². The van der Waals surface area contributed by atoms with Crippen LogP contribution in [0.25, 0.3) is 0 Å². The smallest absolute Gasteiger partial charge is 0.249 e. The minimum absolute atomic E-state index is 0.0235. The second-order valence-corrected chi connectivity index (χ2v) is 5.52. The SMILES string of the molecule is CCC1C(=O)NC(CC)(CC)C(=O)N1Cc1cn(C)nn1. The molecule has 0 radical (unpaired) electrons. The highest BCUT2D eigenvalue weighted by Crippen LogP contribution is 2.27. The van der Waals surface area contributed by atoms with Crippen LogP contribution in [0.4, 0.5) is 0 Å². The zero-order chi connectivity index (χ0) is 15.6. The zero-order valence-corrected chi connectivity index (χ0v) is 13.1. The summed E-state index contributed by atoms with van der Waals surface area (Å²) in [5.74, 6) is -0.103. The summed E-state index contributed by atoms with van der Waals surface area (Å²) in [4.78, 5) is 26.9. The molecule has 0 bridgehead atoms. The quantitative estimate of drug-likeness (QED) is 0.862. The minimum atomic E-state index is -0.787. The average molecular weight is 293 g/mol. The summed E-state index contributed by atoms with van der Waals surface area (Å²) >= 11 is 0. The van der Waals surface area contributed by atoms with E-state index in [1.807, 2.05) is 20.8 Å². The van der Waals surface area contributed by atoms with Gasteiger partial charge in [-0.15, -0.1) is 5.10 Å². The van der Waals surface area contributed by atoms with Gasteiger partial charge in [-0.2, -0.15) is 0 Å². The first-order valence-electron chi connectivity index (χ1n) is 7.45. The fourth-order valence-electron chi connectivity index (χ4n) is 2.89. The Balaban J connectivity index is 2.32. The first-order chi connectivity index (χ1) is 9.97. The van der Waals surface area contributed by atoms with Crippen molar-refractivity contribution in [3.63, 3.8) is 0 Å². The second-order valence-electron chi connectivity index (χ2n) is 5.52. The van der Waals surface area contributed by atoms with E-state index in [0.29, 0.717) is 31.5 Å². The number of rotatable bonds is 5. The molecule has 21 heavy (non-hydrogen) atoms. The largest absolute Gasteiger partial charge is 0.340 e. The van der Waals surface area contributed by atoms with Crippen molar-refractivity contribution in [2.45, 2.75) is 58.2 Å². The second kappa shape index (κ2) is 5.83. The van der Waals surface area contributed by atoms with Crippen molar-refractivity contribution >= 4 is 11.8 Å². The van der Waals surface area contributed by atoms with Crippen molar-refractivity contribution in [2.75, 3.05) is 0 Å². The Kier molecular flexibility index (Phi) is 4.29. The van der Waals surface area contributed by atoms with Crippen molar-refractivity contribution in [3.05, 3.63) is 11.9 Å². The van der Waals surface area contributed by atoms with E-state index in [-0.39, 0.29) is 11.8 Å². The van der Waals surface area contributed by atoms with E-state index in [1.54, 1.807) is 22.8 Å². The summed E-state index contributed by atoms with van der Waals surface area (Å²) in [6, 6.07) is -0.439. The van der Waals surface area contributed by atoms with Gasteiger partial charge in [0.1, 0.15) is 17.3 Å². The number of piperazine rings is 1. The maximum Gasteiger partial charge on any atom is 0.249 e. The van der Waals surface area contributed by atoms with Crippen molar-refractivity contribution in [3.8, 4) is 0 Å². The number of hydrogen-bond donors (Lipinski definition) is 1. The fourth-order valence-corrected chi connectivity index (χ4v) is 2.89. The molecule has 1 fully saturated rings. The lowest BCUT2D eigenvalue weighted by Crippen LogP contribution is -2.69. The maximum absolute atomic E-state index is 12.9. The summed E-state index contributed by atoms with van der Waals surface area (Å²) < 4.78 is 1.59. The number of aryl methyl sites for hydroxylation is 1. The highest BCUT2D eigenvalue weighted by Gasteiger charge is 2.48. The third kappa shape index (κ3) is 2.64. The lowest BCUT2D eigenvalue weighted by Gasteiger charge is -2.45. The van der Waals surface area contributed by atoms with Crippen LogP contribution in [0.15, 0.2) is 6.20 Å². The molecular formula is C14H23N5O2. The van der Waals surface area contributed by atoms with Crippen LogP contribution in [-0.4, -0.2) is 43.3 Å². The Morgan fingerprint density at radius 1 is 1.29 bits per heavy atom. The monoisotopic (exact) mass is 293 g/mol. The number of aromatic nitrogens is 3. The standard InChI is InChI=1S/C14H23N5O2/c1-5-11-12(20)15-14(6-2,7-3)13(21)19(11)9-10-8-18(4)17-16-10/h8,11H,5-7,9H2,1-4H3,(H,15,20). The molecule has 1 aliphatic heterocycles. The molecule has 1 aliphatic rings. The molecule has 1 unspecified atom stereocenters. The third-order valence-corrected chi connectivity index (χ3v) is 4.29. The van der Waals surface area contributed by atoms with Gasteiger partial charge >= 0.3 is 0 Å². The number of carbonyl (C=O) groups is 2. The molecule has 2 rings (SSSR count). The van der Waals surface area contributed by atoms with Crippen molar-refractivity contribution in [1.82, 2.24) is 25.2 Å². The lowest BCUT2D eigenvalue weighted by atomic mass is 9.86. The molecule has 0 spiro atoms. The Hall–Kier alpha value is -1.92. The molecule has 0 saturated carbocycles. The molecule has 2 heterocycles. The Labute approximate surface area is 124 Å². The van der Waals surface area contributed by atoms with Crippen LogP contribution in [0.5, 0.6) is 0 Å². The Bertz CT molecular complexity index is 535. The van der Waals surface area contributed by atoms with E-state index < -0.39 is 11.6 Å². The van der Waals surface area contributed by atoms with Crippen molar-refractivity contribution in [2.24, 2.45) is 7.05 Å². The van der Waals surface area contributed by atoms with Gasteiger partial charge in [0.2, 0.25) is 11.8 Å². The Morgan fingerprint density at radius 3 is 2.43 bits per heavy atom. The fraction of sp³-hybridized carbons (Fsp3) is 0.714. The van der Waals surface area contributed by atoms with Crippen LogP contribution >= 0.6 is 0 Å². The molecule has 0 aliphatic carbocycles. The number of nitrogens with one attached hydrogen (secondary N) is 1. The average Bonchev–Trinajstić information content (AvgIpc) is 2.88. The summed E-state index contributed by atoms with van der Waals surface area (Å²) in [6.07, 6.45) is 3.52. The molecular weight excluding hydrogens is 270 g/mol. The number of amides is 2. The van der Waals surface area contributed by atoms with Crippen LogP contribution in [-0.2, 0) is 23.2 Å². The summed E-state index contributed by atoms with van der Waals surface area (Å²) in [7, 11) is 1.78. The first-order valence-corrected chi connectivity index (χ1v) is 7.45. The molecule has 1 aromatic rings. The van der Waals surface area contributed by atoms with Crippen LogP contribution in [0.2, 0.25) is 0 Å². The highest BCUT2D eigenvalue weighted by molar-refractivity contribution is 5.99. The van der Waals surface area contributed by atoms with Crippen LogP contribution < -0.4 is 5.32 Å². The van der Waals surface area contributed by atoms with Crippen molar-refractivity contribution < 1.29 is 9.59 Å². The summed E-state index contributed by atoms with van der Waals surface area (Å²) in [5, 5.41) is 10.8. The van der Waals surface area contributed by atoms with E-state index in [9.17, 15) is 9.59 Å². The molecule has 0 aromatic carbocycles. The minimum Gasteiger partial charge on any atom is -0.340 e. The van der Waals surface area contributed by atoms with Crippen LogP contribution in [0.3, 0.4) is 0 Å². The van der Waals surface area contributed by atoms with Gasteiger partial charge in [-0.25, -0.2) is 0 Å². The molecule has 7 nitrogen and oxygen atoms in total. The van der Waals surface area contributed by atoms with Gasteiger partial charge < -0.3 is 10.2 Å². The predicted molar refractivity (Wildman–Crippen MR) is 77.1 cm³/mol. The lowest BCUT2D eigenvalue weighted by molar-refractivity contribution is -0.156. The van der Waals surface area contributed by atoms with Gasteiger partial charge in [0.05, 0.1) is 6.54 Å². The topological polar surface area (TPSA) is 80.1 Å². The maximum atomic E-state index is 12.9. The molecule has 2 amide bonds. The first kappa shape index (κ1) is 15.5. The number of carbonyl (C=O) groups excluding carboxylic acids is 2. The van der Waals surface area contributed by atoms with Crippen LogP contribution in [0.1, 0.15) is 45.7 Å². The predicted octanol–water partition coefficient (Wildman–Crippen LogP) is 0.611. The molecule has 1 saturated heterocycles. The van der Waals surface area contributed by atoms with E-state index in [1.165, 1.54) is 0 Å². The van der Waals surface area contributed by atoms with E-state index in [4.69, 9.17) is 0 Å². The molecule has 7 heteroatoms. The highest BCUT2D eigenvalue weighted by atomic mass is 16.2. The molecule has 1 atom stereocenters. The zero-order valence-electron chi connectivity index (χ0n) is 13.1. The van der Waals surface area contributed by atoms with Crippen molar-refractivity contribution in [1.29, 1.82) is 0 Å². The van der Waals surface area contributed by atoms with Gasteiger partial charge in [-0.3, -0.25) is 14.3 Å². The van der Waals surface area contributed by atoms with Crippen LogP contribution in [0, 0.1) is 0 Å². The summed E-state index contributed by atoms with van der Waals surface area (Å²) in [5.41, 5.74) is -0.0922. The van der Waals surface area contributed by atoms with Gasteiger partial charge in [0.15, 0.2) is 0 Å². The molecule has 1 N–H and O–H groups in total. The van der Waals surface area contributed by atoms with E-state index in [2.05, 4.69) is 15.6 Å². The number of nitrogens with zero attached hydrogens (tertiary/aromatic N) is 4.